The number of hydrogen-bond acceptors (Lipinski definition) is 4. The maximum atomic E-state index is 9.42. The van der Waals surface area contributed by atoms with E-state index >= 15 is 0 Å². The molecule has 0 spiro atoms. The largest absolute Gasteiger partial charge is 0.478 e. The minimum Gasteiger partial charge on any atom is -0.478 e. The molecule has 0 unspecified atom stereocenters. The molecule has 1 aromatic heterocycles. The SMILES string of the molecule is CCOc1ncc(Br)cc1[C@]1(C#N)CCOC1. The van der Waals surface area contributed by atoms with Crippen LogP contribution in [0.4, 0.5) is 0 Å². The second kappa shape index (κ2) is 5.03. The summed E-state index contributed by atoms with van der Waals surface area (Å²) in [6.07, 6.45) is 2.36. The molecule has 0 aromatic carbocycles. The number of hydrogen-bond donors (Lipinski definition) is 0. The van der Waals surface area contributed by atoms with Crippen molar-refractivity contribution in [3.05, 3.63) is 22.3 Å². The molecule has 4 nitrogen and oxygen atoms in total. The van der Waals surface area contributed by atoms with Gasteiger partial charge < -0.3 is 9.47 Å². The van der Waals surface area contributed by atoms with Crippen LogP contribution in [0.15, 0.2) is 16.7 Å². The van der Waals surface area contributed by atoms with E-state index in [0.29, 0.717) is 32.1 Å². The lowest BCUT2D eigenvalue weighted by molar-refractivity contribution is 0.185. The number of pyridine rings is 1. The molecule has 0 N–H and O–H groups in total. The van der Waals surface area contributed by atoms with Crippen molar-refractivity contribution >= 4 is 15.9 Å². The molecular formula is C12H13BrN2O2. The molecule has 0 amide bonds. The summed E-state index contributed by atoms with van der Waals surface area (Å²) in [7, 11) is 0. The van der Waals surface area contributed by atoms with E-state index in [1.54, 1.807) is 6.20 Å². The lowest BCUT2D eigenvalue weighted by atomic mass is 9.82. The van der Waals surface area contributed by atoms with E-state index in [1.807, 2.05) is 13.0 Å². The number of nitriles is 1. The van der Waals surface area contributed by atoms with Crippen LogP contribution in [0.3, 0.4) is 0 Å². The Morgan fingerprint density at radius 2 is 2.53 bits per heavy atom. The first-order chi connectivity index (χ1) is 8.22. The minimum atomic E-state index is -0.624. The number of nitrogens with zero attached hydrogens (tertiary/aromatic N) is 2. The summed E-state index contributed by atoms with van der Waals surface area (Å²) < 4.78 is 11.7. The third-order valence-electron chi connectivity index (χ3n) is 2.85. The first kappa shape index (κ1) is 12.3. The normalized spacial score (nSPS) is 23.4. The Labute approximate surface area is 109 Å². The highest BCUT2D eigenvalue weighted by atomic mass is 79.9. The summed E-state index contributed by atoms with van der Waals surface area (Å²) in [6, 6.07) is 4.25. The molecule has 90 valence electrons. The maximum absolute atomic E-state index is 9.42. The highest BCUT2D eigenvalue weighted by Crippen LogP contribution is 2.38. The van der Waals surface area contributed by atoms with Crippen LogP contribution in [0.2, 0.25) is 0 Å². The average molecular weight is 297 g/mol. The van der Waals surface area contributed by atoms with Crippen molar-refractivity contribution in [3.63, 3.8) is 0 Å². The lowest BCUT2D eigenvalue weighted by Gasteiger charge is -2.21. The first-order valence-corrected chi connectivity index (χ1v) is 6.29. The first-order valence-electron chi connectivity index (χ1n) is 5.49. The monoisotopic (exact) mass is 296 g/mol. The summed E-state index contributed by atoms with van der Waals surface area (Å²) >= 11 is 3.38. The van der Waals surface area contributed by atoms with Crippen LogP contribution in [0, 0.1) is 11.3 Å². The van der Waals surface area contributed by atoms with Crippen LogP contribution >= 0.6 is 15.9 Å². The number of rotatable bonds is 3. The topological polar surface area (TPSA) is 55.1 Å². The second-order valence-corrected chi connectivity index (χ2v) is 4.85. The molecule has 2 heterocycles. The van der Waals surface area contributed by atoms with E-state index in [-0.39, 0.29) is 0 Å². The van der Waals surface area contributed by atoms with Crippen LogP contribution in [-0.2, 0) is 10.2 Å². The van der Waals surface area contributed by atoms with Gasteiger partial charge in [-0.2, -0.15) is 5.26 Å². The Morgan fingerprint density at radius 3 is 3.12 bits per heavy atom. The van der Waals surface area contributed by atoms with Gasteiger partial charge in [0.1, 0.15) is 5.41 Å². The van der Waals surface area contributed by atoms with E-state index < -0.39 is 5.41 Å². The maximum Gasteiger partial charge on any atom is 0.218 e. The Bertz CT molecular complexity index is 450. The van der Waals surface area contributed by atoms with E-state index in [4.69, 9.17) is 9.47 Å². The van der Waals surface area contributed by atoms with Crippen molar-refractivity contribution < 1.29 is 9.47 Å². The molecule has 0 aliphatic carbocycles. The Hall–Kier alpha value is -1.12. The molecule has 2 rings (SSSR count). The molecule has 1 aliphatic heterocycles. The molecule has 5 heteroatoms. The predicted molar refractivity (Wildman–Crippen MR) is 65.8 cm³/mol. The molecule has 1 aromatic rings. The van der Waals surface area contributed by atoms with Gasteiger partial charge in [-0.05, 0) is 35.3 Å². The van der Waals surface area contributed by atoms with Gasteiger partial charge in [0.25, 0.3) is 0 Å². The minimum absolute atomic E-state index is 0.404. The average Bonchev–Trinajstić information content (AvgIpc) is 2.81. The molecular weight excluding hydrogens is 284 g/mol. The summed E-state index contributed by atoms with van der Waals surface area (Å²) in [5, 5.41) is 9.42. The number of ether oxygens (including phenoxy) is 2. The second-order valence-electron chi connectivity index (χ2n) is 3.94. The number of halogens is 1. The summed E-state index contributed by atoms with van der Waals surface area (Å²) in [6.45, 7) is 3.44. The van der Waals surface area contributed by atoms with Crippen molar-refractivity contribution in [1.82, 2.24) is 4.98 Å². The van der Waals surface area contributed by atoms with Crippen molar-refractivity contribution in [2.24, 2.45) is 0 Å². The fourth-order valence-electron chi connectivity index (χ4n) is 1.95. The quantitative estimate of drug-likeness (QED) is 0.860. The zero-order valence-electron chi connectivity index (χ0n) is 9.57. The van der Waals surface area contributed by atoms with Crippen LogP contribution < -0.4 is 4.74 Å². The Kier molecular flexibility index (Phi) is 3.65. The summed E-state index contributed by atoms with van der Waals surface area (Å²) in [5.41, 5.74) is 0.190. The van der Waals surface area contributed by atoms with Crippen molar-refractivity contribution in [3.8, 4) is 11.9 Å². The highest BCUT2D eigenvalue weighted by molar-refractivity contribution is 9.10. The Morgan fingerprint density at radius 1 is 1.71 bits per heavy atom. The fourth-order valence-corrected chi connectivity index (χ4v) is 2.28. The molecule has 1 saturated heterocycles. The standard InChI is InChI=1S/C12H13BrN2O2/c1-2-17-11-10(5-9(13)6-15-11)12(7-14)3-4-16-8-12/h5-6H,2-4,8H2,1H3/t12-/m0/s1. The van der Waals surface area contributed by atoms with Gasteiger partial charge in [0.2, 0.25) is 5.88 Å². The third kappa shape index (κ3) is 2.28. The number of aromatic nitrogens is 1. The molecule has 0 radical (unpaired) electrons. The van der Waals surface area contributed by atoms with Gasteiger partial charge in [0.05, 0.1) is 19.3 Å². The van der Waals surface area contributed by atoms with Gasteiger partial charge in [-0.25, -0.2) is 4.98 Å². The Balaban J connectivity index is 2.48. The van der Waals surface area contributed by atoms with Crippen LogP contribution in [0.1, 0.15) is 18.9 Å². The van der Waals surface area contributed by atoms with Gasteiger partial charge in [0, 0.05) is 22.8 Å². The van der Waals surface area contributed by atoms with Crippen LogP contribution in [0.5, 0.6) is 5.88 Å². The van der Waals surface area contributed by atoms with Gasteiger partial charge in [0.15, 0.2) is 0 Å². The zero-order chi connectivity index (χ0) is 12.3. The van der Waals surface area contributed by atoms with Crippen molar-refractivity contribution in [2.75, 3.05) is 19.8 Å². The van der Waals surface area contributed by atoms with E-state index in [9.17, 15) is 5.26 Å². The zero-order valence-corrected chi connectivity index (χ0v) is 11.2. The van der Waals surface area contributed by atoms with Gasteiger partial charge in [-0.15, -0.1) is 0 Å². The van der Waals surface area contributed by atoms with Gasteiger partial charge in [-0.3, -0.25) is 0 Å². The van der Waals surface area contributed by atoms with Crippen molar-refractivity contribution in [2.45, 2.75) is 18.8 Å². The highest BCUT2D eigenvalue weighted by Gasteiger charge is 2.40. The molecule has 0 saturated carbocycles. The van der Waals surface area contributed by atoms with Crippen LogP contribution in [0.25, 0.3) is 0 Å². The van der Waals surface area contributed by atoms with E-state index in [1.165, 1.54) is 0 Å². The molecule has 1 fully saturated rings. The van der Waals surface area contributed by atoms with Gasteiger partial charge >= 0.3 is 0 Å². The molecule has 1 atom stereocenters. The summed E-state index contributed by atoms with van der Waals surface area (Å²) in [5.74, 6) is 0.530. The van der Waals surface area contributed by atoms with Crippen molar-refractivity contribution in [1.29, 1.82) is 5.26 Å². The predicted octanol–water partition coefficient (Wildman–Crippen LogP) is 2.42. The molecule has 1 aliphatic rings. The lowest BCUT2D eigenvalue weighted by Crippen LogP contribution is -2.25. The van der Waals surface area contributed by atoms with E-state index in [0.717, 1.165) is 10.0 Å². The van der Waals surface area contributed by atoms with Gasteiger partial charge in [-0.1, -0.05) is 0 Å². The summed E-state index contributed by atoms with van der Waals surface area (Å²) in [4.78, 5) is 4.23. The third-order valence-corrected chi connectivity index (χ3v) is 3.28. The smallest absolute Gasteiger partial charge is 0.218 e. The van der Waals surface area contributed by atoms with E-state index in [2.05, 4.69) is 27.0 Å². The molecule has 0 bridgehead atoms. The fraction of sp³-hybridized carbons (Fsp3) is 0.500. The van der Waals surface area contributed by atoms with Crippen LogP contribution in [-0.4, -0.2) is 24.8 Å². The molecule has 17 heavy (non-hydrogen) atoms.